The Bertz CT molecular complexity index is 381. The fourth-order valence-corrected chi connectivity index (χ4v) is 2.49. The molecule has 0 saturated carbocycles. The highest BCUT2D eigenvalue weighted by atomic mass is 79.9. The summed E-state index contributed by atoms with van der Waals surface area (Å²) in [5.41, 5.74) is 0. The molecule has 0 aromatic rings. The van der Waals surface area contributed by atoms with Gasteiger partial charge in [-0.2, -0.15) is 8.78 Å². The zero-order chi connectivity index (χ0) is 15.5. The van der Waals surface area contributed by atoms with Crippen LogP contribution in [0.3, 0.4) is 0 Å². The van der Waals surface area contributed by atoms with E-state index in [1.807, 2.05) is 0 Å². The summed E-state index contributed by atoms with van der Waals surface area (Å²) < 4.78 is 55.9. The molecule has 0 aromatic heterocycles. The zero-order valence-electron chi connectivity index (χ0n) is 10.6. The standard InChI is InChI=1S/C11H14BrF4NO3/c1-2-17(10(19)11(15,16)9(13)14)7-5-20-4-6(7)8(18)3-12/h6-7,9H,2-5H2,1H3. The second kappa shape index (κ2) is 6.84. The van der Waals surface area contributed by atoms with Gasteiger partial charge in [0.2, 0.25) is 0 Å². The number of halogens is 5. The van der Waals surface area contributed by atoms with Gasteiger partial charge in [-0.05, 0) is 6.92 Å². The van der Waals surface area contributed by atoms with E-state index in [9.17, 15) is 27.2 Å². The van der Waals surface area contributed by atoms with Crippen LogP contribution < -0.4 is 0 Å². The van der Waals surface area contributed by atoms with Crippen molar-refractivity contribution in [3.8, 4) is 0 Å². The maximum atomic E-state index is 13.2. The van der Waals surface area contributed by atoms with Crippen molar-refractivity contribution in [2.24, 2.45) is 5.92 Å². The van der Waals surface area contributed by atoms with Gasteiger partial charge in [0.05, 0.1) is 30.5 Å². The van der Waals surface area contributed by atoms with E-state index in [0.717, 1.165) is 0 Å². The molecule has 116 valence electrons. The van der Waals surface area contributed by atoms with Crippen molar-refractivity contribution in [3.63, 3.8) is 0 Å². The van der Waals surface area contributed by atoms with Gasteiger partial charge in [0.1, 0.15) is 0 Å². The van der Waals surface area contributed by atoms with Crippen LogP contribution in [0.1, 0.15) is 6.92 Å². The Labute approximate surface area is 121 Å². The van der Waals surface area contributed by atoms with Gasteiger partial charge in [0, 0.05) is 6.54 Å². The number of hydrogen-bond acceptors (Lipinski definition) is 3. The van der Waals surface area contributed by atoms with E-state index < -0.39 is 30.2 Å². The number of amides is 1. The zero-order valence-corrected chi connectivity index (χ0v) is 12.2. The molecule has 1 amide bonds. The number of nitrogens with zero attached hydrogens (tertiary/aromatic N) is 1. The van der Waals surface area contributed by atoms with Crippen LogP contribution in [0.2, 0.25) is 0 Å². The van der Waals surface area contributed by atoms with Crippen molar-refractivity contribution < 1.29 is 31.9 Å². The molecule has 1 aliphatic heterocycles. The normalized spacial score (nSPS) is 23.1. The molecule has 9 heteroatoms. The fourth-order valence-electron chi connectivity index (χ4n) is 2.07. The first-order valence-electron chi connectivity index (χ1n) is 5.90. The van der Waals surface area contributed by atoms with Crippen LogP contribution in [0.15, 0.2) is 0 Å². The van der Waals surface area contributed by atoms with Crippen molar-refractivity contribution >= 4 is 27.6 Å². The highest BCUT2D eigenvalue weighted by Crippen LogP contribution is 2.29. The van der Waals surface area contributed by atoms with Gasteiger partial charge in [0.25, 0.3) is 5.91 Å². The molecule has 1 rings (SSSR count). The van der Waals surface area contributed by atoms with E-state index in [2.05, 4.69) is 15.9 Å². The van der Waals surface area contributed by atoms with Crippen LogP contribution in [-0.4, -0.2) is 60.1 Å². The number of ketones is 1. The quantitative estimate of drug-likeness (QED) is 0.533. The summed E-state index contributed by atoms with van der Waals surface area (Å²) in [7, 11) is 0. The molecule has 1 fully saturated rings. The predicted octanol–water partition coefficient (Wildman–Crippen LogP) is 1.71. The van der Waals surface area contributed by atoms with E-state index >= 15 is 0 Å². The Morgan fingerprint density at radius 2 is 2.00 bits per heavy atom. The van der Waals surface area contributed by atoms with Gasteiger partial charge in [-0.25, -0.2) is 8.78 Å². The van der Waals surface area contributed by atoms with Crippen LogP contribution in [0.5, 0.6) is 0 Å². The van der Waals surface area contributed by atoms with Crippen LogP contribution in [0.4, 0.5) is 17.6 Å². The smallest absolute Gasteiger partial charge is 0.378 e. The van der Waals surface area contributed by atoms with Gasteiger partial charge in [-0.1, -0.05) is 15.9 Å². The number of likely N-dealkylation sites (N-methyl/N-ethyl adjacent to an activating group) is 1. The van der Waals surface area contributed by atoms with E-state index in [4.69, 9.17) is 4.74 Å². The van der Waals surface area contributed by atoms with E-state index in [-0.39, 0.29) is 30.9 Å². The number of Topliss-reactive ketones (excluding diaryl/α,β-unsaturated/α-hetero) is 1. The van der Waals surface area contributed by atoms with Crippen molar-refractivity contribution in [1.29, 1.82) is 0 Å². The number of hydrogen-bond donors (Lipinski definition) is 0. The third-order valence-electron chi connectivity index (χ3n) is 3.16. The molecular weight excluding hydrogens is 350 g/mol. The second-order valence-electron chi connectivity index (χ2n) is 4.33. The minimum Gasteiger partial charge on any atom is -0.378 e. The first-order valence-corrected chi connectivity index (χ1v) is 7.02. The van der Waals surface area contributed by atoms with Gasteiger partial charge in [-0.15, -0.1) is 0 Å². The molecule has 1 heterocycles. The molecule has 2 atom stereocenters. The molecule has 2 unspecified atom stereocenters. The fraction of sp³-hybridized carbons (Fsp3) is 0.818. The average molecular weight is 364 g/mol. The van der Waals surface area contributed by atoms with Crippen molar-refractivity contribution in [2.75, 3.05) is 25.1 Å². The maximum absolute atomic E-state index is 13.2. The van der Waals surface area contributed by atoms with Crippen LogP contribution in [0.25, 0.3) is 0 Å². The molecule has 0 N–H and O–H groups in total. The van der Waals surface area contributed by atoms with Gasteiger partial charge >= 0.3 is 12.3 Å². The summed E-state index contributed by atoms with van der Waals surface area (Å²) in [4.78, 5) is 23.9. The third kappa shape index (κ3) is 3.30. The number of alkyl halides is 5. The largest absolute Gasteiger partial charge is 0.383 e. The topological polar surface area (TPSA) is 46.6 Å². The lowest BCUT2D eigenvalue weighted by Gasteiger charge is -2.32. The van der Waals surface area contributed by atoms with Gasteiger partial charge in [-0.3, -0.25) is 9.59 Å². The monoisotopic (exact) mass is 363 g/mol. The molecule has 0 aliphatic carbocycles. The molecule has 1 saturated heterocycles. The summed E-state index contributed by atoms with van der Waals surface area (Å²) in [5, 5.41) is -0.0193. The number of rotatable bonds is 6. The predicted molar refractivity (Wildman–Crippen MR) is 65.2 cm³/mol. The number of carbonyl (C=O) groups is 2. The summed E-state index contributed by atoms with van der Waals surface area (Å²) in [6, 6.07) is -0.942. The van der Waals surface area contributed by atoms with Gasteiger partial charge in [0.15, 0.2) is 5.78 Å². The molecular formula is C11H14BrF4NO3. The van der Waals surface area contributed by atoms with E-state index in [1.54, 1.807) is 0 Å². The van der Waals surface area contributed by atoms with Crippen molar-refractivity contribution in [2.45, 2.75) is 25.3 Å². The molecule has 0 bridgehead atoms. The molecule has 0 radical (unpaired) electrons. The molecule has 1 aliphatic rings. The first-order chi connectivity index (χ1) is 9.27. The summed E-state index contributed by atoms with van der Waals surface area (Å²) in [5.74, 6) is -7.84. The lowest BCUT2D eigenvalue weighted by molar-refractivity contribution is -0.183. The highest BCUT2D eigenvalue weighted by Gasteiger charge is 2.53. The maximum Gasteiger partial charge on any atom is 0.383 e. The van der Waals surface area contributed by atoms with Crippen LogP contribution in [0, 0.1) is 5.92 Å². The molecule has 20 heavy (non-hydrogen) atoms. The van der Waals surface area contributed by atoms with Crippen molar-refractivity contribution in [1.82, 2.24) is 4.90 Å². The van der Waals surface area contributed by atoms with Crippen LogP contribution >= 0.6 is 15.9 Å². The first kappa shape index (κ1) is 17.4. The van der Waals surface area contributed by atoms with Gasteiger partial charge < -0.3 is 9.64 Å². The van der Waals surface area contributed by atoms with Crippen LogP contribution in [-0.2, 0) is 14.3 Å². The average Bonchev–Trinajstić information content (AvgIpc) is 2.87. The SMILES string of the molecule is CCN(C(=O)C(F)(F)C(F)F)C1COCC1C(=O)CBr. The Balaban J connectivity index is 2.95. The minimum absolute atomic E-state index is 0.0148. The number of ether oxygens (including phenoxy) is 1. The Morgan fingerprint density at radius 1 is 1.40 bits per heavy atom. The van der Waals surface area contributed by atoms with E-state index in [1.165, 1.54) is 6.92 Å². The Hall–Kier alpha value is -0.700. The lowest BCUT2D eigenvalue weighted by atomic mass is 9.97. The summed E-state index contributed by atoms with van der Waals surface area (Å²) in [6.45, 7) is 1.04. The Kier molecular flexibility index (Phi) is 5.93. The minimum atomic E-state index is -4.76. The lowest BCUT2D eigenvalue weighted by Crippen LogP contribution is -2.54. The molecule has 0 aromatic carbocycles. The molecule has 4 nitrogen and oxygen atoms in total. The number of carbonyl (C=O) groups excluding carboxylic acids is 2. The Morgan fingerprint density at radius 3 is 2.45 bits per heavy atom. The third-order valence-corrected chi connectivity index (χ3v) is 3.71. The summed E-state index contributed by atoms with van der Waals surface area (Å²) in [6.07, 6.45) is -4.09. The second-order valence-corrected chi connectivity index (χ2v) is 4.89. The summed E-state index contributed by atoms with van der Waals surface area (Å²) >= 11 is 2.95. The molecule has 0 spiro atoms. The van der Waals surface area contributed by atoms with Crippen molar-refractivity contribution in [3.05, 3.63) is 0 Å². The highest BCUT2D eigenvalue weighted by molar-refractivity contribution is 9.09. The van der Waals surface area contributed by atoms with E-state index in [0.29, 0.717) is 4.90 Å².